The molecular formula is C31H45F3N4O2. The van der Waals surface area contributed by atoms with Crippen LogP contribution in [0.1, 0.15) is 71.3 Å². The molecule has 3 rings (SSSR count). The van der Waals surface area contributed by atoms with E-state index in [-0.39, 0.29) is 17.5 Å². The average Bonchev–Trinajstić information content (AvgIpc) is 2.93. The van der Waals surface area contributed by atoms with E-state index in [0.717, 1.165) is 49.1 Å². The first-order chi connectivity index (χ1) is 18.9. The molecule has 0 aliphatic carbocycles. The summed E-state index contributed by atoms with van der Waals surface area (Å²) in [5.41, 5.74) is 8.98. The van der Waals surface area contributed by atoms with Gasteiger partial charge in [0, 0.05) is 50.4 Å². The van der Waals surface area contributed by atoms with E-state index >= 15 is 0 Å². The number of hydrogen-bond acceptors (Lipinski definition) is 5. The van der Waals surface area contributed by atoms with Gasteiger partial charge in [0.25, 0.3) is 5.91 Å². The number of piperazine rings is 1. The zero-order valence-corrected chi connectivity index (χ0v) is 24.6. The summed E-state index contributed by atoms with van der Waals surface area (Å²) in [5.74, 6) is 0.694. The number of amides is 1. The molecule has 6 nitrogen and oxygen atoms in total. The summed E-state index contributed by atoms with van der Waals surface area (Å²) in [4.78, 5) is 19.1. The summed E-state index contributed by atoms with van der Waals surface area (Å²) in [5, 5.41) is 0. The summed E-state index contributed by atoms with van der Waals surface area (Å²) < 4.78 is 44.7. The molecule has 1 heterocycles. The van der Waals surface area contributed by atoms with Crippen molar-refractivity contribution in [1.82, 2.24) is 14.7 Å². The van der Waals surface area contributed by atoms with E-state index in [0.29, 0.717) is 45.4 Å². The second-order valence-corrected chi connectivity index (χ2v) is 11.0. The van der Waals surface area contributed by atoms with Gasteiger partial charge in [-0.1, -0.05) is 18.9 Å². The highest BCUT2D eigenvalue weighted by molar-refractivity contribution is 5.94. The van der Waals surface area contributed by atoms with Crippen molar-refractivity contribution in [2.24, 2.45) is 5.73 Å². The first kappa shape index (κ1) is 31.9. The maximum absolute atomic E-state index is 12.9. The van der Waals surface area contributed by atoms with Gasteiger partial charge in [0.15, 0.2) is 0 Å². The number of unbranched alkanes of at least 4 members (excludes halogenated alkanes) is 2. The minimum absolute atomic E-state index is 0.170. The lowest BCUT2D eigenvalue weighted by atomic mass is 9.96. The molecule has 9 heteroatoms. The maximum atomic E-state index is 12.9. The Kier molecular flexibility index (Phi) is 11.4. The number of rotatable bonds is 12. The van der Waals surface area contributed by atoms with Crippen LogP contribution in [-0.4, -0.2) is 80.1 Å². The van der Waals surface area contributed by atoms with Gasteiger partial charge in [0.2, 0.25) is 0 Å². The van der Waals surface area contributed by atoms with E-state index in [1.807, 2.05) is 0 Å². The molecule has 0 saturated carbocycles. The smallest absolute Gasteiger partial charge is 0.416 e. The number of nitrogens with zero attached hydrogens (tertiary/aromatic N) is 3. The predicted octanol–water partition coefficient (Wildman–Crippen LogP) is 5.67. The second kappa shape index (κ2) is 14.3. The number of alkyl halides is 3. The third-order valence-corrected chi connectivity index (χ3v) is 8.28. The van der Waals surface area contributed by atoms with Gasteiger partial charge in [-0.2, -0.15) is 13.2 Å². The van der Waals surface area contributed by atoms with Gasteiger partial charge in [-0.3, -0.25) is 9.69 Å². The van der Waals surface area contributed by atoms with Crippen LogP contribution >= 0.6 is 0 Å². The van der Waals surface area contributed by atoms with Crippen molar-refractivity contribution in [2.75, 3.05) is 53.4 Å². The standard InChI is InChI=1S/C31H45F3N4O2/c1-22-23(2)29(40-20-8-6-7-9-27(21-35)36(4)5)15-14-28(22)24(3)37-16-18-38(19-17-37)30(39)25-10-12-26(13-11-25)31(32,33)34/h10-15,24,27H,6-9,16-21,35H2,1-5H3. The van der Waals surface area contributed by atoms with Crippen LogP contribution in [0.4, 0.5) is 13.2 Å². The van der Waals surface area contributed by atoms with E-state index in [2.05, 4.69) is 56.8 Å². The van der Waals surface area contributed by atoms with Gasteiger partial charge in [0.1, 0.15) is 5.75 Å². The van der Waals surface area contributed by atoms with Crippen LogP contribution in [-0.2, 0) is 6.18 Å². The molecule has 2 atom stereocenters. The van der Waals surface area contributed by atoms with Crippen LogP contribution in [0.3, 0.4) is 0 Å². The molecule has 40 heavy (non-hydrogen) atoms. The third kappa shape index (κ3) is 8.21. The molecule has 1 saturated heterocycles. The normalized spacial score (nSPS) is 16.3. The molecular weight excluding hydrogens is 517 g/mol. The fraction of sp³-hybridized carbons (Fsp3) is 0.581. The Morgan fingerprint density at radius 3 is 2.20 bits per heavy atom. The van der Waals surface area contributed by atoms with Crippen LogP contribution in [0.15, 0.2) is 36.4 Å². The fourth-order valence-electron chi connectivity index (χ4n) is 5.35. The first-order valence-corrected chi connectivity index (χ1v) is 14.2. The quantitative estimate of drug-likeness (QED) is 0.338. The Morgan fingerprint density at radius 2 is 1.62 bits per heavy atom. The number of ether oxygens (including phenoxy) is 1. The van der Waals surface area contributed by atoms with Gasteiger partial charge < -0.3 is 20.3 Å². The van der Waals surface area contributed by atoms with Gasteiger partial charge in [-0.15, -0.1) is 0 Å². The SMILES string of the molecule is Cc1c(OCCCCCC(CN)N(C)C)ccc(C(C)N2CCN(C(=O)c3ccc(C(F)(F)F)cc3)CC2)c1C. The Balaban J connectivity index is 1.49. The number of hydrogen-bond donors (Lipinski definition) is 1. The number of likely N-dealkylation sites (N-methyl/N-ethyl adjacent to an activating group) is 1. The van der Waals surface area contributed by atoms with Gasteiger partial charge in [-0.05, 0) is 94.7 Å². The van der Waals surface area contributed by atoms with Crippen LogP contribution in [0.5, 0.6) is 5.75 Å². The van der Waals surface area contributed by atoms with E-state index in [4.69, 9.17) is 10.5 Å². The lowest BCUT2D eigenvalue weighted by Gasteiger charge is -2.39. The molecule has 1 aliphatic heterocycles. The zero-order valence-electron chi connectivity index (χ0n) is 24.6. The van der Waals surface area contributed by atoms with E-state index in [1.54, 1.807) is 4.90 Å². The number of carbonyl (C=O) groups excluding carboxylic acids is 1. The highest BCUT2D eigenvalue weighted by Crippen LogP contribution is 2.32. The molecule has 1 aliphatic rings. The molecule has 1 fully saturated rings. The molecule has 0 aromatic heterocycles. The Morgan fingerprint density at radius 1 is 0.975 bits per heavy atom. The minimum Gasteiger partial charge on any atom is -0.493 e. The van der Waals surface area contributed by atoms with Crippen molar-refractivity contribution in [1.29, 1.82) is 0 Å². The fourth-order valence-corrected chi connectivity index (χ4v) is 5.35. The largest absolute Gasteiger partial charge is 0.493 e. The van der Waals surface area contributed by atoms with Crippen LogP contribution in [0, 0.1) is 13.8 Å². The lowest BCUT2D eigenvalue weighted by Crippen LogP contribution is -2.49. The molecule has 0 bridgehead atoms. The summed E-state index contributed by atoms with van der Waals surface area (Å²) >= 11 is 0. The number of benzene rings is 2. The second-order valence-electron chi connectivity index (χ2n) is 11.0. The average molecular weight is 563 g/mol. The van der Waals surface area contributed by atoms with Crippen molar-refractivity contribution in [3.8, 4) is 5.75 Å². The summed E-state index contributed by atoms with van der Waals surface area (Å²) in [7, 11) is 4.15. The summed E-state index contributed by atoms with van der Waals surface area (Å²) in [6, 6.07) is 9.27. The van der Waals surface area contributed by atoms with Crippen molar-refractivity contribution in [2.45, 2.75) is 64.7 Å². The Labute approximate surface area is 237 Å². The van der Waals surface area contributed by atoms with Gasteiger partial charge in [0.05, 0.1) is 12.2 Å². The Hall–Kier alpha value is -2.62. The summed E-state index contributed by atoms with van der Waals surface area (Å²) in [6.45, 7) is 10.2. The van der Waals surface area contributed by atoms with Crippen molar-refractivity contribution in [3.63, 3.8) is 0 Å². The number of carbonyl (C=O) groups is 1. The van der Waals surface area contributed by atoms with Crippen molar-refractivity contribution >= 4 is 5.91 Å². The lowest BCUT2D eigenvalue weighted by molar-refractivity contribution is -0.137. The van der Waals surface area contributed by atoms with Gasteiger partial charge >= 0.3 is 6.18 Å². The van der Waals surface area contributed by atoms with Gasteiger partial charge in [-0.25, -0.2) is 0 Å². The molecule has 2 N–H and O–H groups in total. The Bertz CT molecular complexity index is 1100. The van der Waals surface area contributed by atoms with Crippen molar-refractivity contribution < 1.29 is 22.7 Å². The topological polar surface area (TPSA) is 62.0 Å². The monoisotopic (exact) mass is 562 g/mol. The number of nitrogens with two attached hydrogens (primary N) is 1. The predicted molar refractivity (Wildman–Crippen MR) is 154 cm³/mol. The molecule has 222 valence electrons. The van der Waals surface area contributed by atoms with E-state index < -0.39 is 11.7 Å². The van der Waals surface area contributed by atoms with E-state index in [1.165, 1.54) is 23.3 Å². The zero-order chi connectivity index (χ0) is 29.4. The highest BCUT2D eigenvalue weighted by atomic mass is 19.4. The van der Waals surface area contributed by atoms with Crippen LogP contribution < -0.4 is 10.5 Å². The molecule has 2 aromatic rings. The highest BCUT2D eigenvalue weighted by Gasteiger charge is 2.31. The maximum Gasteiger partial charge on any atom is 0.416 e. The third-order valence-electron chi connectivity index (χ3n) is 8.28. The van der Waals surface area contributed by atoms with Crippen LogP contribution in [0.25, 0.3) is 0 Å². The van der Waals surface area contributed by atoms with Crippen molar-refractivity contribution in [3.05, 3.63) is 64.2 Å². The molecule has 0 radical (unpaired) electrons. The number of halogens is 3. The molecule has 2 aromatic carbocycles. The molecule has 0 spiro atoms. The van der Waals surface area contributed by atoms with E-state index in [9.17, 15) is 18.0 Å². The van der Waals surface area contributed by atoms with Crippen LogP contribution in [0.2, 0.25) is 0 Å². The first-order valence-electron chi connectivity index (χ1n) is 14.2. The minimum atomic E-state index is -4.41. The summed E-state index contributed by atoms with van der Waals surface area (Å²) in [6.07, 6.45) is -0.0424. The molecule has 2 unspecified atom stereocenters. The molecule has 1 amide bonds.